The molecule has 0 fully saturated rings. The van der Waals surface area contributed by atoms with Gasteiger partial charge in [0.1, 0.15) is 17.2 Å². The summed E-state index contributed by atoms with van der Waals surface area (Å²) in [6, 6.07) is 63.1. The first-order valence-electron chi connectivity index (χ1n) is 17.4. The minimum atomic E-state index is 0.613. The van der Waals surface area contributed by atoms with Gasteiger partial charge in [-0.25, -0.2) is 4.98 Å². The first-order valence-corrected chi connectivity index (χ1v) is 17.4. The summed E-state index contributed by atoms with van der Waals surface area (Å²) >= 11 is 0. The molecule has 4 heteroatoms. The number of hydrogen-bond acceptors (Lipinski definition) is 3. The Hall–Kier alpha value is -7.22. The van der Waals surface area contributed by atoms with Gasteiger partial charge in [0.2, 0.25) is 0 Å². The van der Waals surface area contributed by atoms with Crippen molar-refractivity contribution in [2.24, 2.45) is 0 Å². The summed E-state index contributed by atoms with van der Waals surface area (Å²) < 4.78 is 8.65. The molecule has 0 aliphatic rings. The quantitative estimate of drug-likeness (QED) is 0.184. The molecule has 10 aromatic rings. The SMILES string of the molecule is N#Cc1cccc(-c2ccc3oc4ccc(-c5cc(-c6ccccc6)cc(-c6ccccc6)n5)cc4c3c2)c1-n1c2ccccc2c2ccccc21. The van der Waals surface area contributed by atoms with E-state index in [2.05, 4.69) is 138 Å². The molecule has 0 atom stereocenters. The second-order valence-electron chi connectivity index (χ2n) is 13.1. The normalized spacial score (nSPS) is 11.4. The molecule has 0 amide bonds. The summed E-state index contributed by atoms with van der Waals surface area (Å²) in [5.41, 5.74) is 13.3. The predicted octanol–water partition coefficient (Wildman–Crippen LogP) is 12.6. The highest BCUT2D eigenvalue weighted by atomic mass is 16.3. The molecule has 0 bridgehead atoms. The molecule has 0 aliphatic heterocycles. The number of benzene rings is 7. The van der Waals surface area contributed by atoms with E-state index in [1.807, 2.05) is 48.5 Å². The predicted molar refractivity (Wildman–Crippen MR) is 212 cm³/mol. The first kappa shape index (κ1) is 29.7. The lowest BCUT2D eigenvalue weighted by atomic mass is 9.97. The molecule has 4 nitrogen and oxygen atoms in total. The van der Waals surface area contributed by atoms with Crippen molar-refractivity contribution >= 4 is 43.7 Å². The van der Waals surface area contributed by atoms with Gasteiger partial charge in [-0.3, -0.25) is 0 Å². The van der Waals surface area contributed by atoms with E-state index in [0.29, 0.717) is 5.56 Å². The van der Waals surface area contributed by atoms with Crippen LogP contribution in [0.2, 0.25) is 0 Å². The van der Waals surface area contributed by atoms with Crippen LogP contribution in [0.25, 0.3) is 94.2 Å². The van der Waals surface area contributed by atoms with Crippen molar-refractivity contribution in [2.45, 2.75) is 0 Å². The van der Waals surface area contributed by atoms with Gasteiger partial charge in [0, 0.05) is 38.2 Å². The van der Waals surface area contributed by atoms with Crippen molar-refractivity contribution in [3.8, 4) is 56.5 Å². The number of aromatic nitrogens is 2. The molecule has 0 N–H and O–H groups in total. The summed E-state index contributed by atoms with van der Waals surface area (Å²) in [6.45, 7) is 0. The minimum absolute atomic E-state index is 0.613. The van der Waals surface area contributed by atoms with E-state index < -0.39 is 0 Å². The highest BCUT2D eigenvalue weighted by Crippen LogP contribution is 2.41. The van der Waals surface area contributed by atoms with Crippen molar-refractivity contribution in [3.63, 3.8) is 0 Å². The second kappa shape index (κ2) is 12.0. The van der Waals surface area contributed by atoms with Crippen LogP contribution < -0.4 is 0 Å². The van der Waals surface area contributed by atoms with E-state index >= 15 is 0 Å². The Morgan fingerprint density at radius 1 is 0.442 bits per heavy atom. The third kappa shape index (κ3) is 4.80. The standard InChI is InChI=1S/C48H29N3O/c49-30-35-16-11-19-37(48(35)51-44-20-9-7-17-38(44)39-18-8-10-21-45(39)51)33-22-24-46-40(26-33)41-27-34(23-25-47(41)52-46)43-29-36(31-12-3-1-4-13-31)28-42(50-43)32-14-5-2-6-15-32/h1-29H. The Bertz CT molecular complexity index is 2910. The van der Waals surface area contributed by atoms with Crippen LogP contribution in [0.15, 0.2) is 180 Å². The maximum absolute atomic E-state index is 10.5. The monoisotopic (exact) mass is 663 g/mol. The average molecular weight is 664 g/mol. The number of para-hydroxylation sites is 3. The molecule has 0 unspecified atom stereocenters. The number of rotatable bonds is 5. The zero-order valence-electron chi connectivity index (χ0n) is 28.0. The van der Waals surface area contributed by atoms with Gasteiger partial charge in [0.15, 0.2) is 0 Å². The molecule has 0 aliphatic carbocycles. The van der Waals surface area contributed by atoms with Gasteiger partial charge in [-0.15, -0.1) is 0 Å². The fraction of sp³-hybridized carbons (Fsp3) is 0. The van der Waals surface area contributed by atoms with Crippen molar-refractivity contribution in [1.29, 1.82) is 5.26 Å². The molecule has 52 heavy (non-hydrogen) atoms. The van der Waals surface area contributed by atoms with E-state index in [1.165, 1.54) is 0 Å². The van der Waals surface area contributed by atoms with E-state index in [4.69, 9.17) is 9.40 Å². The molecular formula is C48H29N3O. The maximum atomic E-state index is 10.5. The summed E-state index contributed by atoms with van der Waals surface area (Å²) in [5.74, 6) is 0. The first-order chi connectivity index (χ1) is 25.7. The van der Waals surface area contributed by atoms with E-state index in [9.17, 15) is 5.26 Å². The molecule has 10 rings (SSSR count). The summed E-state index contributed by atoms with van der Waals surface area (Å²) in [5, 5.41) is 14.8. The Morgan fingerprint density at radius 2 is 1.00 bits per heavy atom. The lowest BCUT2D eigenvalue weighted by Gasteiger charge is -2.16. The lowest BCUT2D eigenvalue weighted by Crippen LogP contribution is -2.00. The van der Waals surface area contributed by atoms with Gasteiger partial charge in [0.25, 0.3) is 0 Å². The highest BCUT2D eigenvalue weighted by Gasteiger charge is 2.20. The Kier molecular flexibility index (Phi) is 6.84. The molecule has 7 aromatic carbocycles. The van der Waals surface area contributed by atoms with Gasteiger partial charge in [-0.2, -0.15) is 5.26 Å². The zero-order valence-corrected chi connectivity index (χ0v) is 28.0. The number of hydrogen-bond donors (Lipinski definition) is 0. The van der Waals surface area contributed by atoms with Gasteiger partial charge >= 0.3 is 0 Å². The lowest BCUT2D eigenvalue weighted by molar-refractivity contribution is 0.669. The molecular weight excluding hydrogens is 635 g/mol. The number of fused-ring (bicyclic) bond motifs is 6. The summed E-state index contributed by atoms with van der Waals surface area (Å²) in [6.07, 6.45) is 0. The van der Waals surface area contributed by atoms with Crippen LogP contribution in [0.4, 0.5) is 0 Å². The molecule has 0 spiro atoms. The van der Waals surface area contributed by atoms with Crippen LogP contribution in [-0.4, -0.2) is 9.55 Å². The third-order valence-electron chi connectivity index (χ3n) is 10.0. The second-order valence-corrected chi connectivity index (χ2v) is 13.1. The van der Waals surface area contributed by atoms with Crippen molar-refractivity contribution in [3.05, 3.63) is 181 Å². The van der Waals surface area contributed by atoms with Crippen LogP contribution in [0.5, 0.6) is 0 Å². The molecule has 0 saturated heterocycles. The van der Waals surface area contributed by atoms with Crippen LogP contribution in [0.1, 0.15) is 5.56 Å². The highest BCUT2D eigenvalue weighted by molar-refractivity contribution is 6.11. The summed E-state index contributed by atoms with van der Waals surface area (Å²) in [4.78, 5) is 5.18. The zero-order chi connectivity index (χ0) is 34.6. The van der Waals surface area contributed by atoms with Crippen molar-refractivity contribution in [2.75, 3.05) is 0 Å². The Balaban J connectivity index is 1.17. The summed E-state index contributed by atoms with van der Waals surface area (Å²) in [7, 11) is 0. The van der Waals surface area contributed by atoms with Crippen LogP contribution in [-0.2, 0) is 0 Å². The number of pyridine rings is 1. The smallest absolute Gasteiger partial charge is 0.135 e. The van der Waals surface area contributed by atoms with Crippen molar-refractivity contribution in [1.82, 2.24) is 9.55 Å². The van der Waals surface area contributed by atoms with E-state index in [0.717, 1.165) is 94.2 Å². The number of furan rings is 1. The third-order valence-corrected chi connectivity index (χ3v) is 10.0. The fourth-order valence-corrected chi connectivity index (χ4v) is 7.61. The van der Waals surface area contributed by atoms with Gasteiger partial charge < -0.3 is 8.98 Å². The van der Waals surface area contributed by atoms with Crippen LogP contribution in [0, 0.1) is 11.3 Å². The fourth-order valence-electron chi connectivity index (χ4n) is 7.61. The van der Waals surface area contributed by atoms with Gasteiger partial charge in [-0.1, -0.05) is 115 Å². The molecule has 242 valence electrons. The van der Waals surface area contributed by atoms with Crippen LogP contribution in [0.3, 0.4) is 0 Å². The molecule has 3 aromatic heterocycles. The number of nitriles is 1. The molecule has 0 saturated carbocycles. The average Bonchev–Trinajstić information content (AvgIpc) is 3.76. The van der Waals surface area contributed by atoms with E-state index in [1.54, 1.807) is 0 Å². The Morgan fingerprint density at radius 3 is 1.65 bits per heavy atom. The van der Waals surface area contributed by atoms with E-state index in [-0.39, 0.29) is 0 Å². The minimum Gasteiger partial charge on any atom is -0.456 e. The van der Waals surface area contributed by atoms with Gasteiger partial charge in [-0.05, 0) is 77.4 Å². The van der Waals surface area contributed by atoms with Crippen molar-refractivity contribution < 1.29 is 4.42 Å². The van der Waals surface area contributed by atoms with Crippen LogP contribution >= 0.6 is 0 Å². The Labute approximate surface area is 300 Å². The largest absolute Gasteiger partial charge is 0.456 e. The topological polar surface area (TPSA) is 54.8 Å². The number of nitrogens with zero attached hydrogens (tertiary/aromatic N) is 3. The van der Waals surface area contributed by atoms with Gasteiger partial charge in [0.05, 0.1) is 33.7 Å². The molecule has 0 radical (unpaired) electrons. The maximum Gasteiger partial charge on any atom is 0.135 e. The molecule has 3 heterocycles.